The Labute approximate surface area is 151 Å². The van der Waals surface area contributed by atoms with E-state index in [4.69, 9.17) is 11.6 Å². The highest BCUT2D eigenvalue weighted by atomic mass is 35.5. The van der Waals surface area contributed by atoms with Gasteiger partial charge in [-0.3, -0.25) is 5.43 Å². The molecule has 2 aromatic carbocycles. The maximum atomic E-state index is 5.91. The van der Waals surface area contributed by atoms with Gasteiger partial charge in [0.2, 0.25) is 5.13 Å². The van der Waals surface area contributed by atoms with Gasteiger partial charge in [-0.15, -0.1) is 11.3 Å². The van der Waals surface area contributed by atoms with Crippen molar-refractivity contribution in [3.8, 4) is 11.3 Å². The van der Waals surface area contributed by atoms with Crippen LogP contribution in [-0.4, -0.2) is 10.7 Å². The van der Waals surface area contributed by atoms with Gasteiger partial charge in [0.1, 0.15) is 0 Å². The van der Waals surface area contributed by atoms with Gasteiger partial charge in [0.15, 0.2) is 0 Å². The van der Waals surface area contributed by atoms with Gasteiger partial charge < -0.3 is 0 Å². The summed E-state index contributed by atoms with van der Waals surface area (Å²) in [6.07, 6.45) is 0. The van der Waals surface area contributed by atoms with E-state index in [1.807, 2.05) is 36.6 Å². The van der Waals surface area contributed by atoms with Crippen LogP contribution in [0.1, 0.15) is 23.6 Å². The van der Waals surface area contributed by atoms with Crippen LogP contribution >= 0.6 is 22.9 Å². The van der Waals surface area contributed by atoms with Crippen LogP contribution in [0.3, 0.4) is 0 Å². The lowest BCUT2D eigenvalue weighted by Gasteiger charge is -2.03. The molecule has 0 saturated heterocycles. The molecule has 0 radical (unpaired) electrons. The number of nitrogens with one attached hydrogen (secondary N) is 1. The van der Waals surface area contributed by atoms with Crippen molar-refractivity contribution in [1.82, 2.24) is 4.98 Å². The first kappa shape index (κ1) is 16.7. The van der Waals surface area contributed by atoms with Crippen LogP contribution in [-0.2, 0) is 0 Å². The summed E-state index contributed by atoms with van der Waals surface area (Å²) < 4.78 is 0. The average molecular weight is 356 g/mol. The van der Waals surface area contributed by atoms with E-state index in [0.29, 0.717) is 0 Å². The quantitative estimate of drug-likeness (QED) is 0.466. The number of halogens is 1. The number of nitrogens with zero attached hydrogens (tertiary/aromatic N) is 2. The topological polar surface area (TPSA) is 37.3 Å². The zero-order chi connectivity index (χ0) is 17.1. The Morgan fingerprint density at radius 3 is 2.58 bits per heavy atom. The van der Waals surface area contributed by atoms with Crippen molar-refractivity contribution < 1.29 is 0 Å². The third-order valence-electron chi connectivity index (χ3n) is 3.74. The summed E-state index contributed by atoms with van der Waals surface area (Å²) in [6, 6.07) is 14.0. The van der Waals surface area contributed by atoms with E-state index in [1.54, 1.807) is 11.3 Å². The average Bonchev–Trinajstić information content (AvgIpc) is 3.02. The molecule has 0 fully saturated rings. The molecule has 5 heteroatoms. The molecule has 122 valence electrons. The number of benzene rings is 2. The molecule has 0 unspecified atom stereocenters. The fraction of sp³-hybridized carbons (Fsp3) is 0.158. The number of aryl methyl sites for hydroxylation is 2. The Bertz CT molecular complexity index is 882. The summed E-state index contributed by atoms with van der Waals surface area (Å²) in [7, 11) is 0. The normalized spacial score (nSPS) is 11.6. The van der Waals surface area contributed by atoms with Crippen LogP contribution in [0.25, 0.3) is 11.3 Å². The molecule has 0 aliphatic rings. The first-order valence-electron chi connectivity index (χ1n) is 7.62. The van der Waals surface area contributed by atoms with Crippen molar-refractivity contribution in [2.24, 2.45) is 5.10 Å². The van der Waals surface area contributed by atoms with Gasteiger partial charge in [-0.2, -0.15) is 5.10 Å². The summed E-state index contributed by atoms with van der Waals surface area (Å²) in [6.45, 7) is 6.16. The number of thiazole rings is 1. The van der Waals surface area contributed by atoms with E-state index in [-0.39, 0.29) is 0 Å². The standard InChI is InChI=1S/C19H18ClN3S/c1-12-4-9-17(13(2)10-12)18-11-24-19(21-18)23-22-14(3)15-5-7-16(20)8-6-15/h4-11H,1-3H3,(H,21,23)/b22-14+. The van der Waals surface area contributed by atoms with Gasteiger partial charge in [0, 0.05) is 16.0 Å². The second-order valence-corrected chi connectivity index (χ2v) is 6.97. The summed E-state index contributed by atoms with van der Waals surface area (Å²) in [5, 5.41) is 7.95. The van der Waals surface area contributed by atoms with Gasteiger partial charge in [-0.05, 0) is 44.0 Å². The minimum absolute atomic E-state index is 0.720. The van der Waals surface area contributed by atoms with Crippen molar-refractivity contribution >= 4 is 33.8 Å². The van der Waals surface area contributed by atoms with Crippen molar-refractivity contribution in [1.29, 1.82) is 0 Å². The van der Waals surface area contributed by atoms with Crippen LogP contribution in [0.2, 0.25) is 5.02 Å². The highest BCUT2D eigenvalue weighted by molar-refractivity contribution is 7.14. The van der Waals surface area contributed by atoms with Gasteiger partial charge >= 0.3 is 0 Å². The Morgan fingerprint density at radius 2 is 1.88 bits per heavy atom. The van der Waals surface area contributed by atoms with E-state index in [2.05, 4.69) is 47.6 Å². The SMILES string of the molecule is C/C(=N\Nc1nc(-c2ccc(C)cc2C)cs1)c1ccc(Cl)cc1. The van der Waals surface area contributed by atoms with Gasteiger partial charge in [0.05, 0.1) is 11.4 Å². The first-order valence-corrected chi connectivity index (χ1v) is 8.88. The fourth-order valence-electron chi connectivity index (χ4n) is 2.44. The molecule has 0 atom stereocenters. The van der Waals surface area contributed by atoms with Crippen LogP contribution in [0, 0.1) is 13.8 Å². The van der Waals surface area contributed by atoms with Gasteiger partial charge in [0.25, 0.3) is 0 Å². The van der Waals surface area contributed by atoms with Crippen LogP contribution in [0.5, 0.6) is 0 Å². The van der Waals surface area contributed by atoms with E-state index >= 15 is 0 Å². The van der Waals surface area contributed by atoms with E-state index in [1.165, 1.54) is 11.1 Å². The Kier molecular flexibility index (Phi) is 4.97. The Morgan fingerprint density at radius 1 is 1.12 bits per heavy atom. The molecule has 3 aromatic rings. The molecule has 1 aromatic heterocycles. The predicted molar refractivity (Wildman–Crippen MR) is 104 cm³/mol. The van der Waals surface area contributed by atoms with Crippen molar-refractivity contribution in [3.63, 3.8) is 0 Å². The molecule has 3 rings (SSSR count). The van der Waals surface area contributed by atoms with Crippen molar-refractivity contribution in [2.75, 3.05) is 5.43 Å². The van der Waals surface area contributed by atoms with E-state index in [9.17, 15) is 0 Å². The molecule has 24 heavy (non-hydrogen) atoms. The molecule has 0 aliphatic heterocycles. The lowest BCUT2D eigenvalue weighted by atomic mass is 10.0. The molecular weight excluding hydrogens is 338 g/mol. The second kappa shape index (κ2) is 7.16. The Balaban J connectivity index is 1.76. The molecule has 0 bridgehead atoms. The molecule has 1 N–H and O–H groups in total. The third-order valence-corrected chi connectivity index (χ3v) is 4.74. The molecule has 0 saturated carbocycles. The van der Waals surface area contributed by atoms with Gasteiger partial charge in [-0.25, -0.2) is 4.98 Å². The predicted octanol–water partition coefficient (Wildman–Crippen LogP) is 5.92. The van der Waals surface area contributed by atoms with Crippen LogP contribution < -0.4 is 5.43 Å². The van der Waals surface area contributed by atoms with E-state index < -0.39 is 0 Å². The van der Waals surface area contributed by atoms with Crippen molar-refractivity contribution in [3.05, 3.63) is 69.6 Å². The van der Waals surface area contributed by atoms with Crippen LogP contribution in [0.4, 0.5) is 5.13 Å². The fourth-order valence-corrected chi connectivity index (χ4v) is 3.22. The molecule has 0 spiro atoms. The van der Waals surface area contributed by atoms with Crippen molar-refractivity contribution in [2.45, 2.75) is 20.8 Å². The highest BCUT2D eigenvalue weighted by Gasteiger charge is 2.07. The highest BCUT2D eigenvalue weighted by Crippen LogP contribution is 2.28. The zero-order valence-electron chi connectivity index (χ0n) is 13.8. The minimum atomic E-state index is 0.720. The Hall–Kier alpha value is -2.17. The summed E-state index contributed by atoms with van der Waals surface area (Å²) >= 11 is 7.46. The summed E-state index contributed by atoms with van der Waals surface area (Å²) in [4.78, 5) is 4.63. The lowest BCUT2D eigenvalue weighted by molar-refractivity contribution is 1.26. The molecule has 3 nitrogen and oxygen atoms in total. The number of anilines is 1. The number of aromatic nitrogens is 1. The maximum Gasteiger partial charge on any atom is 0.203 e. The molecular formula is C19H18ClN3S. The molecule has 0 aliphatic carbocycles. The van der Waals surface area contributed by atoms with Gasteiger partial charge in [-0.1, -0.05) is 47.5 Å². The molecule has 0 amide bonds. The minimum Gasteiger partial charge on any atom is -0.252 e. The maximum absolute atomic E-state index is 5.91. The smallest absolute Gasteiger partial charge is 0.203 e. The van der Waals surface area contributed by atoms with Crippen LogP contribution in [0.15, 0.2) is 52.9 Å². The number of hydrogen-bond acceptors (Lipinski definition) is 4. The molecule has 1 heterocycles. The summed E-state index contributed by atoms with van der Waals surface area (Å²) in [5.41, 5.74) is 9.57. The number of rotatable bonds is 4. The first-order chi connectivity index (χ1) is 11.5. The monoisotopic (exact) mass is 355 g/mol. The number of hydrazone groups is 1. The number of hydrogen-bond donors (Lipinski definition) is 1. The third kappa shape index (κ3) is 3.83. The van der Waals surface area contributed by atoms with E-state index in [0.717, 1.165) is 32.7 Å². The largest absolute Gasteiger partial charge is 0.252 e. The zero-order valence-corrected chi connectivity index (χ0v) is 15.4. The summed E-state index contributed by atoms with van der Waals surface area (Å²) in [5.74, 6) is 0. The second-order valence-electron chi connectivity index (χ2n) is 5.67. The lowest BCUT2D eigenvalue weighted by Crippen LogP contribution is -1.99.